The summed E-state index contributed by atoms with van der Waals surface area (Å²) in [5, 5.41) is 19.5. The van der Waals surface area contributed by atoms with Crippen molar-refractivity contribution in [3.63, 3.8) is 0 Å². The van der Waals surface area contributed by atoms with Crippen molar-refractivity contribution in [3.8, 4) is 0 Å². The molecular weight excluding hydrogens is 240 g/mol. The van der Waals surface area contributed by atoms with Crippen LogP contribution in [0.25, 0.3) is 0 Å². The summed E-state index contributed by atoms with van der Waals surface area (Å²) in [6, 6.07) is 4.98. The first kappa shape index (κ1) is 14.0. The summed E-state index contributed by atoms with van der Waals surface area (Å²) in [4.78, 5) is 11.5. The van der Waals surface area contributed by atoms with Crippen LogP contribution in [0.5, 0.6) is 0 Å². The number of carbonyl (C=O) groups is 1. The lowest BCUT2D eigenvalue weighted by atomic mass is 9.97. The minimum Gasteiger partial charge on any atom is -0.465 e. The van der Waals surface area contributed by atoms with E-state index < -0.39 is 18.2 Å². The summed E-state index contributed by atoms with van der Waals surface area (Å²) in [5.74, 6) is -0.430. The number of rotatable bonds is 4. The monoisotopic (exact) mass is 256 g/mol. The lowest BCUT2D eigenvalue weighted by molar-refractivity contribution is 0.0317. The summed E-state index contributed by atoms with van der Waals surface area (Å²) in [7, 11) is 1.27. The third-order valence-electron chi connectivity index (χ3n) is 2.48. The molecule has 0 heterocycles. The maximum Gasteiger partial charge on any atom is 0.338 e. The molecule has 0 bridgehead atoms. The number of hydrogen-bond donors (Lipinski definition) is 3. The molecule has 0 spiro atoms. The topological polar surface area (TPSA) is 66.8 Å². The molecule has 0 saturated heterocycles. The number of benzene rings is 1. The standard InChI is InChI=1S/C12H16O4S/c1-7-3-4-8(12(15)16-2)9(5-7)11(14)10(13)6-17/h3-5,10-11,13-14,17H,6H2,1-2H3. The van der Waals surface area contributed by atoms with Crippen LogP contribution in [0.3, 0.4) is 0 Å². The summed E-state index contributed by atoms with van der Waals surface area (Å²) in [6.45, 7) is 1.84. The smallest absolute Gasteiger partial charge is 0.338 e. The van der Waals surface area contributed by atoms with Crippen molar-refractivity contribution in [2.45, 2.75) is 19.1 Å². The molecule has 0 saturated carbocycles. The third kappa shape index (κ3) is 3.21. The Bertz CT molecular complexity index is 405. The Morgan fingerprint density at radius 3 is 2.65 bits per heavy atom. The molecule has 17 heavy (non-hydrogen) atoms. The van der Waals surface area contributed by atoms with Gasteiger partial charge in [0.05, 0.1) is 18.8 Å². The number of aliphatic hydroxyl groups is 2. The van der Waals surface area contributed by atoms with Gasteiger partial charge in [-0.05, 0) is 18.6 Å². The Labute approximate surface area is 106 Å². The zero-order valence-electron chi connectivity index (χ0n) is 9.75. The number of hydrogen-bond acceptors (Lipinski definition) is 5. The van der Waals surface area contributed by atoms with E-state index in [0.29, 0.717) is 5.56 Å². The first-order valence-electron chi connectivity index (χ1n) is 5.17. The molecule has 1 rings (SSSR count). The van der Waals surface area contributed by atoms with E-state index in [0.717, 1.165) is 5.56 Å². The molecule has 5 heteroatoms. The average molecular weight is 256 g/mol. The van der Waals surface area contributed by atoms with E-state index in [1.807, 2.05) is 6.92 Å². The Morgan fingerprint density at radius 2 is 2.12 bits per heavy atom. The van der Waals surface area contributed by atoms with Crippen LogP contribution in [0.4, 0.5) is 0 Å². The summed E-state index contributed by atoms with van der Waals surface area (Å²) in [6.07, 6.45) is -2.18. The highest BCUT2D eigenvalue weighted by Gasteiger charge is 2.23. The number of methoxy groups -OCH3 is 1. The second-order valence-electron chi connectivity index (χ2n) is 3.78. The van der Waals surface area contributed by atoms with Gasteiger partial charge in [0, 0.05) is 5.75 Å². The molecule has 0 amide bonds. The number of ether oxygens (including phenoxy) is 1. The minimum atomic E-state index is -1.15. The van der Waals surface area contributed by atoms with Crippen LogP contribution in [0.2, 0.25) is 0 Å². The van der Waals surface area contributed by atoms with Crippen molar-refractivity contribution in [1.29, 1.82) is 0 Å². The number of esters is 1. The zero-order chi connectivity index (χ0) is 13.0. The Balaban J connectivity index is 3.19. The molecule has 94 valence electrons. The van der Waals surface area contributed by atoms with Crippen LogP contribution in [-0.2, 0) is 4.74 Å². The molecule has 1 aromatic carbocycles. The molecule has 1 aromatic rings. The largest absolute Gasteiger partial charge is 0.465 e. The normalized spacial score (nSPS) is 14.2. The van der Waals surface area contributed by atoms with Crippen LogP contribution >= 0.6 is 12.6 Å². The van der Waals surface area contributed by atoms with E-state index >= 15 is 0 Å². The fraction of sp³-hybridized carbons (Fsp3) is 0.417. The summed E-state index contributed by atoms with van der Waals surface area (Å²) in [5.41, 5.74) is 1.50. The SMILES string of the molecule is COC(=O)c1ccc(C)cc1C(O)C(O)CS. The second-order valence-corrected chi connectivity index (χ2v) is 4.14. The van der Waals surface area contributed by atoms with Crippen molar-refractivity contribution in [2.75, 3.05) is 12.9 Å². The minimum absolute atomic E-state index is 0.107. The van der Waals surface area contributed by atoms with Crippen molar-refractivity contribution < 1.29 is 19.7 Å². The van der Waals surface area contributed by atoms with Gasteiger partial charge in [-0.2, -0.15) is 12.6 Å². The van der Waals surface area contributed by atoms with Crippen molar-refractivity contribution >= 4 is 18.6 Å². The van der Waals surface area contributed by atoms with Crippen molar-refractivity contribution in [3.05, 3.63) is 34.9 Å². The zero-order valence-corrected chi connectivity index (χ0v) is 10.6. The molecule has 2 N–H and O–H groups in total. The van der Waals surface area contributed by atoms with Crippen LogP contribution in [0, 0.1) is 6.92 Å². The molecule has 0 aliphatic rings. The predicted molar refractivity (Wildman–Crippen MR) is 67.3 cm³/mol. The van der Waals surface area contributed by atoms with Gasteiger partial charge in [0.25, 0.3) is 0 Å². The molecule has 2 unspecified atom stereocenters. The molecular formula is C12H16O4S. The van der Waals surface area contributed by atoms with E-state index in [2.05, 4.69) is 17.4 Å². The van der Waals surface area contributed by atoms with Crippen LogP contribution in [0.1, 0.15) is 27.6 Å². The van der Waals surface area contributed by atoms with Crippen LogP contribution in [-0.4, -0.2) is 35.1 Å². The van der Waals surface area contributed by atoms with Crippen molar-refractivity contribution in [1.82, 2.24) is 0 Å². The number of aliphatic hydroxyl groups excluding tert-OH is 2. The van der Waals surface area contributed by atoms with Gasteiger partial charge in [-0.3, -0.25) is 0 Å². The van der Waals surface area contributed by atoms with Gasteiger partial charge in [-0.1, -0.05) is 17.7 Å². The highest BCUT2D eigenvalue weighted by atomic mass is 32.1. The Kier molecular flexibility index (Phi) is 4.99. The number of carbonyl (C=O) groups excluding carboxylic acids is 1. The summed E-state index contributed by atoms with van der Waals surface area (Å²) >= 11 is 3.91. The fourth-order valence-corrected chi connectivity index (χ4v) is 1.73. The highest BCUT2D eigenvalue weighted by molar-refractivity contribution is 7.80. The van der Waals surface area contributed by atoms with E-state index in [1.165, 1.54) is 7.11 Å². The quantitative estimate of drug-likeness (QED) is 0.557. The average Bonchev–Trinajstić information content (AvgIpc) is 2.35. The Morgan fingerprint density at radius 1 is 1.47 bits per heavy atom. The molecule has 0 radical (unpaired) electrons. The molecule has 0 aliphatic heterocycles. The lowest BCUT2D eigenvalue weighted by Crippen LogP contribution is -2.22. The molecule has 0 fully saturated rings. The second kappa shape index (κ2) is 6.05. The number of aryl methyl sites for hydroxylation is 1. The maximum atomic E-state index is 11.5. The van der Waals surface area contributed by atoms with Gasteiger partial charge >= 0.3 is 5.97 Å². The fourth-order valence-electron chi connectivity index (χ4n) is 1.53. The highest BCUT2D eigenvalue weighted by Crippen LogP contribution is 2.23. The molecule has 2 atom stereocenters. The summed E-state index contributed by atoms with van der Waals surface area (Å²) < 4.78 is 4.63. The van der Waals surface area contributed by atoms with Gasteiger partial charge < -0.3 is 14.9 Å². The Hall–Kier alpha value is -1.04. The van der Waals surface area contributed by atoms with Gasteiger partial charge in [0.15, 0.2) is 0 Å². The van der Waals surface area contributed by atoms with E-state index in [4.69, 9.17) is 0 Å². The van der Waals surface area contributed by atoms with E-state index in [9.17, 15) is 15.0 Å². The third-order valence-corrected chi connectivity index (χ3v) is 2.86. The predicted octanol–water partition coefficient (Wildman–Crippen LogP) is 1.11. The van der Waals surface area contributed by atoms with E-state index in [-0.39, 0.29) is 11.3 Å². The first-order valence-corrected chi connectivity index (χ1v) is 5.80. The number of thiol groups is 1. The molecule has 0 aromatic heterocycles. The van der Waals surface area contributed by atoms with Gasteiger partial charge in [0.2, 0.25) is 0 Å². The van der Waals surface area contributed by atoms with Crippen LogP contribution in [0.15, 0.2) is 18.2 Å². The maximum absolute atomic E-state index is 11.5. The lowest BCUT2D eigenvalue weighted by Gasteiger charge is -2.19. The van der Waals surface area contributed by atoms with Gasteiger partial charge in [-0.15, -0.1) is 0 Å². The van der Waals surface area contributed by atoms with Crippen molar-refractivity contribution in [2.24, 2.45) is 0 Å². The van der Waals surface area contributed by atoms with E-state index in [1.54, 1.807) is 18.2 Å². The van der Waals surface area contributed by atoms with Gasteiger partial charge in [-0.25, -0.2) is 4.79 Å². The first-order chi connectivity index (χ1) is 8.01. The van der Waals surface area contributed by atoms with Gasteiger partial charge in [0.1, 0.15) is 6.10 Å². The molecule has 4 nitrogen and oxygen atoms in total. The molecule has 0 aliphatic carbocycles. The van der Waals surface area contributed by atoms with Crippen LogP contribution < -0.4 is 0 Å².